The predicted octanol–water partition coefficient (Wildman–Crippen LogP) is 5.35. The summed E-state index contributed by atoms with van der Waals surface area (Å²) in [6.07, 6.45) is 1.62. The molecule has 164 valence electrons. The van der Waals surface area contributed by atoms with E-state index >= 15 is 0 Å². The molecule has 1 N–H and O–H groups in total. The fourth-order valence-electron chi connectivity index (χ4n) is 3.89. The van der Waals surface area contributed by atoms with E-state index in [9.17, 15) is 9.59 Å². The Bertz CT molecular complexity index is 1300. The van der Waals surface area contributed by atoms with Crippen molar-refractivity contribution in [3.8, 4) is 17.1 Å². The van der Waals surface area contributed by atoms with Gasteiger partial charge in [0.25, 0.3) is 0 Å². The van der Waals surface area contributed by atoms with Gasteiger partial charge in [0.05, 0.1) is 22.8 Å². The number of nitrogens with one attached hydrogen (secondary N) is 1. The lowest BCUT2D eigenvalue weighted by molar-refractivity contribution is 0.0988. The summed E-state index contributed by atoms with van der Waals surface area (Å²) in [7, 11) is 0. The standard InChI is InChI=1S/C24H24N4O3S/c1-13-20(15(3)29)14(2)25-21(13)22(30)17(5)32-24-27-26-23(19-11-12-31-16(19)4)28(24)18-9-7-6-8-10-18/h6-12,17,25H,1-5H3/t17-/m1/s1. The lowest BCUT2D eigenvalue weighted by Crippen LogP contribution is -2.16. The Balaban J connectivity index is 1.71. The number of H-pyrrole nitrogens is 1. The molecule has 0 saturated carbocycles. The zero-order chi connectivity index (χ0) is 23.0. The van der Waals surface area contributed by atoms with Gasteiger partial charge in [0.15, 0.2) is 22.5 Å². The molecule has 0 aliphatic rings. The molecule has 3 heterocycles. The molecule has 4 rings (SSSR count). The van der Waals surface area contributed by atoms with E-state index in [0.717, 1.165) is 17.0 Å². The van der Waals surface area contributed by atoms with Crippen LogP contribution in [0.25, 0.3) is 17.1 Å². The molecule has 0 aliphatic carbocycles. The molecule has 32 heavy (non-hydrogen) atoms. The minimum absolute atomic E-state index is 0.0560. The number of aromatic amines is 1. The fraction of sp³-hybridized carbons (Fsp3) is 0.250. The molecule has 0 fully saturated rings. The third kappa shape index (κ3) is 3.82. The number of aryl methyl sites for hydroxylation is 2. The highest BCUT2D eigenvalue weighted by atomic mass is 32.2. The lowest BCUT2D eigenvalue weighted by atomic mass is 10.0. The number of benzene rings is 1. The Morgan fingerprint density at radius 3 is 2.41 bits per heavy atom. The van der Waals surface area contributed by atoms with Crippen molar-refractivity contribution < 1.29 is 14.0 Å². The van der Waals surface area contributed by atoms with Gasteiger partial charge in [-0.1, -0.05) is 30.0 Å². The SMILES string of the molecule is CC(=O)c1c(C)[nH]c(C(=O)[C@@H](C)Sc2nnc(-c3ccoc3C)n2-c2ccccc2)c1C. The van der Waals surface area contributed by atoms with E-state index in [1.54, 1.807) is 13.2 Å². The fourth-order valence-corrected chi connectivity index (χ4v) is 4.81. The number of thioether (sulfide) groups is 1. The molecule has 4 aromatic rings. The highest BCUT2D eigenvalue weighted by Crippen LogP contribution is 2.33. The number of Topliss-reactive ketones (excluding diaryl/α,β-unsaturated/α-hetero) is 2. The van der Waals surface area contributed by atoms with Gasteiger partial charge >= 0.3 is 0 Å². The molecule has 0 spiro atoms. The van der Waals surface area contributed by atoms with Gasteiger partial charge in [-0.3, -0.25) is 14.2 Å². The quantitative estimate of drug-likeness (QED) is 0.303. The van der Waals surface area contributed by atoms with E-state index < -0.39 is 5.25 Å². The second-order valence-electron chi connectivity index (χ2n) is 7.67. The molecule has 0 amide bonds. The van der Waals surface area contributed by atoms with E-state index in [-0.39, 0.29) is 11.6 Å². The Kier molecular flexibility index (Phi) is 5.88. The zero-order valence-corrected chi connectivity index (χ0v) is 19.4. The minimum atomic E-state index is -0.448. The summed E-state index contributed by atoms with van der Waals surface area (Å²) in [5, 5.41) is 8.95. The van der Waals surface area contributed by atoms with Crippen molar-refractivity contribution in [1.82, 2.24) is 19.7 Å². The smallest absolute Gasteiger partial charge is 0.196 e. The summed E-state index contributed by atoms with van der Waals surface area (Å²) >= 11 is 1.33. The van der Waals surface area contributed by atoms with Gasteiger partial charge in [0, 0.05) is 16.9 Å². The van der Waals surface area contributed by atoms with Crippen molar-refractivity contribution in [2.75, 3.05) is 0 Å². The molecule has 0 radical (unpaired) electrons. The maximum atomic E-state index is 13.3. The molecular formula is C24H24N4O3S. The lowest BCUT2D eigenvalue weighted by Gasteiger charge is -2.13. The van der Waals surface area contributed by atoms with Crippen molar-refractivity contribution in [2.45, 2.75) is 45.0 Å². The van der Waals surface area contributed by atoms with Gasteiger partial charge in [0.2, 0.25) is 0 Å². The number of carbonyl (C=O) groups excluding carboxylic acids is 2. The molecule has 0 saturated heterocycles. The number of furan rings is 1. The normalized spacial score (nSPS) is 12.2. The van der Waals surface area contributed by atoms with Gasteiger partial charge in [-0.25, -0.2) is 0 Å². The van der Waals surface area contributed by atoms with E-state index in [0.29, 0.717) is 33.5 Å². The van der Waals surface area contributed by atoms with Crippen molar-refractivity contribution in [3.05, 3.63) is 70.9 Å². The summed E-state index contributed by atoms with van der Waals surface area (Å²) in [4.78, 5) is 28.3. The van der Waals surface area contributed by atoms with Crippen LogP contribution in [0, 0.1) is 20.8 Å². The molecular weight excluding hydrogens is 424 g/mol. The van der Waals surface area contributed by atoms with Gasteiger partial charge in [-0.05, 0) is 58.4 Å². The molecule has 7 nitrogen and oxygen atoms in total. The van der Waals surface area contributed by atoms with Crippen LogP contribution in [0.5, 0.6) is 0 Å². The number of ketones is 2. The highest BCUT2D eigenvalue weighted by Gasteiger charge is 2.27. The summed E-state index contributed by atoms with van der Waals surface area (Å²) in [5.41, 5.74) is 4.17. The van der Waals surface area contributed by atoms with Crippen molar-refractivity contribution in [2.24, 2.45) is 0 Å². The predicted molar refractivity (Wildman–Crippen MR) is 124 cm³/mol. The molecule has 1 atom stereocenters. The van der Waals surface area contributed by atoms with Crippen LogP contribution < -0.4 is 0 Å². The van der Waals surface area contributed by atoms with Crippen molar-refractivity contribution in [1.29, 1.82) is 0 Å². The maximum Gasteiger partial charge on any atom is 0.196 e. The minimum Gasteiger partial charge on any atom is -0.469 e. The third-order valence-corrected chi connectivity index (χ3v) is 6.48. The van der Waals surface area contributed by atoms with Crippen LogP contribution in [-0.2, 0) is 0 Å². The van der Waals surface area contributed by atoms with E-state index in [1.165, 1.54) is 18.7 Å². The zero-order valence-electron chi connectivity index (χ0n) is 18.6. The van der Waals surface area contributed by atoms with Crippen LogP contribution in [0.15, 0.2) is 52.2 Å². The summed E-state index contributed by atoms with van der Waals surface area (Å²) in [5.74, 6) is 1.24. The number of hydrogen-bond donors (Lipinski definition) is 1. The molecule has 0 unspecified atom stereocenters. The first-order valence-electron chi connectivity index (χ1n) is 10.3. The molecule has 0 aliphatic heterocycles. The first-order chi connectivity index (χ1) is 15.3. The largest absolute Gasteiger partial charge is 0.469 e. The number of rotatable bonds is 7. The molecule has 1 aromatic carbocycles. The second kappa shape index (κ2) is 8.63. The van der Waals surface area contributed by atoms with E-state index in [4.69, 9.17) is 4.42 Å². The van der Waals surface area contributed by atoms with Crippen LogP contribution in [0.2, 0.25) is 0 Å². The van der Waals surface area contributed by atoms with Gasteiger partial charge < -0.3 is 9.40 Å². The Hall–Kier alpha value is -3.39. The number of nitrogens with zero attached hydrogens (tertiary/aromatic N) is 3. The van der Waals surface area contributed by atoms with Crippen LogP contribution in [0.3, 0.4) is 0 Å². The second-order valence-corrected chi connectivity index (χ2v) is 8.98. The van der Waals surface area contributed by atoms with E-state index in [1.807, 2.05) is 61.7 Å². The van der Waals surface area contributed by atoms with Crippen LogP contribution >= 0.6 is 11.8 Å². The number of aromatic nitrogens is 4. The number of para-hydroxylation sites is 1. The van der Waals surface area contributed by atoms with Crippen LogP contribution in [0.1, 0.15) is 51.7 Å². The average molecular weight is 449 g/mol. The van der Waals surface area contributed by atoms with Crippen LogP contribution in [0.4, 0.5) is 0 Å². The topological polar surface area (TPSA) is 93.8 Å². The van der Waals surface area contributed by atoms with Gasteiger partial charge in [-0.2, -0.15) is 0 Å². The first-order valence-corrected chi connectivity index (χ1v) is 11.1. The van der Waals surface area contributed by atoms with Crippen molar-refractivity contribution in [3.63, 3.8) is 0 Å². The summed E-state index contributed by atoms with van der Waals surface area (Å²) in [6.45, 7) is 8.84. The van der Waals surface area contributed by atoms with Crippen molar-refractivity contribution >= 4 is 23.3 Å². The average Bonchev–Trinajstić information content (AvgIpc) is 3.44. The molecule has 3 aromatic heterocycles. The Morgan fingerprint density at radius 2 is 1.81 bits per heavy atom. The highest BCUT2D eigenvalue weighted by molar-refractivity contribution is 8.00. The maximum absolute atomic E-state index is 13.3. The van der Waals surface area contributed by atoms with Gasteiger partial charge in [-0.15, -0.1) is 10.2 Å². The summed E-state index contributed by atoms with van der Waals surface area (Å²) in [6, 6.07) is 11.6. The molecule has 0 bridgehead atoms. The molecule has 8 heteroatoms. The van der Waals surface area contributed by atoms with Crippen LogP contribution in [-0.4, -0.2) is 36.6 Å². The number of carbonyl (C=O) groups is 2. The number of hydrogen-bond acceptors (Lipinski definition) is 6. The summed E-state index contributed by atoms with van der Waals surface area (Å²) < 4.78 is 7.40. The Labute approximate surface area is 190 Å². The Morgan fingerprint density at radius 1 is 1.09 bits per heavy atom. The third-order valence-electron chi connectivity index (χ3n) is 5.43. The monoisotopic (exact) mass is 448 g/mol. The first kappa shape index (κ1) is 21.8. The van der Waals surface area contributed by atoms with Gasteiger partial charge in [0.1, 0.15) is 5.76 Å². The van der Waals surface area contributed by atoms with E-state index in [2.05, 4.69) is 15.2 Å².